The van der Waals surface area contributed by atoms with Crippen LogP contribution in [0.25, 0.3) is 0 Å². The molecule has 1 saturated heterocycles. The highest BCUT2D eigenvalue weighted by Crippen LogP contribution is 2.25. The number of hydrogen-bond acceptors (Lipinski definition) is 4. The maximum absolute atomic E-state index is 13.2. The molecule has 3 rings (SSSR count). The van der Waals surface area contributed by atoms with Crippen LogP contribution in [0.4, 0.5) is 14.5 Å². The van der Waals surface area contributed by atoms with E-state index in [0.29, 0.717) is 11.3 Å². The molecule has 2 aromatic rings. The zero-order valence-electron chi connectivity index (χ0n) is 15.5. The summed E-state index contributed by atoms with van der Waals surface area (Å²) in [6.07, 6.45) is 2.58. The van der Waals surface area contributed by atoms with Gasteiger partial charge in [-0.3, -0.25) is 19.9 Å². The minimum atomic E-state index is -2.85. The van der Waals surface area contributed by atoms with Gasteiger partial charge in [0.1, 0.15) is 0 Å². The van der Waals surface area contributed by atoms with E-state index in [1.807, 2.05) is 0 Å². The van der Waals surface area contributed by atoms with Crippen molar-refractivity contribution in [1.29, 1.82) is 0 Å². The van der Waals surface area contributed by atoms with E-state index in [9.17, 15) is 18.4 Å². The third kappa shape index (κ3) is 6.62. The van der Waals surface area contributed by atoms with Gasteiger partial charge in [0.15, 0.2) is 0 Å². The molecular weight excluding hydrogens is 425 g/mol. The van der Waals surface area contributed by atoms with Crippen molar-refractivity contribution in [2.75, 3.05) is 11.9 Å². The van der Waals surface area contributed by atoms with Crippen molar-refractivity contribution in [2.45, 2.75) is 31.4 Å². The molecule has 6 nitrogen and oxygen atoms in total. The van der Waals surface area contributed by atoms with Crippen LogP contribution in [0.15, 0.2) is 48.8 Å². The summed E-state index contributed by atoms with van der Waals surface area (Å²) in [5.41, 5.74) is 1.90. The van der Waals surface area contributed by atoms with Gasteiger partial charge in [0.2, 0.25) is 5.91 Å². The number of anilines is 1. The van der Waals surface area contributed by atoms with Crippen LogP contribution in [-0.4, -0.2) is 35.3 Å². The number of carbonyl (C=O) groups is 2. The fourth-order valence-corrected chi connectivity index (χ4v) is 2.86. The normalized spacial score (nSPS) is 18.0. The Kier molecular flexibility index (Phi) is 8.94. The molecule has 1 aromatic heterocycles. The lowest BCUT2D eigenvalue weighted by Gasteiger charge is -2.18. The van der Waals surface area contributed by atoms with Gasteiger partial charge < -0.3 is 10.6 Å². The number of nitrogens with one attached hydrogen (secondary N) is 3. The number of aromatic nitrogens is 1. The topological polar surface area (TPSA) is 83.1 Å². The average Bonchev–Trinajstić information content (AvgIpc) is 3.03. The van der Waals surface area contributed by atoms with Crippen LogP contribution in [0.5, 0.6) is 0 Å². The minimum absolute atomic E-state index is 0. The molecule has 29 heavy (non-hydrogen) atoms. The molecule has 10 heteroatoms. The molecule has 0 aliphatic carbocycles. The second kappa shape index (κ2) is 10.5. The summed E-state index contributed by atoms with van der Waals surface area (Å²) in [5, 5.41) is 8.04. The van der Waals surface area contributed by atoms with E-state index < -0.39 is 30.8 Å². The third-order valence-corrected chi connectivity index (χ3v) is 4.40. The molecule has 1 aromatic carbocycles. The number of hydrogen-bond donors (Lipinski definition) is 3. The van der Waals surface area contributed by atoms with Crippen LogP contribution in [0, 0.1) is 0 Å². The molecule has 2 heterocycles. The Morgan fingerprint density at radius 1 is 1.14 bits per heavy atom. The first kappa shape index (κ1) is 24.7. The Morgan fingerprint density at radius 2 is 1.76 bits per heavy atom. The number of benzene rings is 1. The summed E-state index contributed by atoms with van der Waals surface area (Å²) in [6.45, 7) is 1.29. The molecule has 2 unspecified atom stereocenters. The molecule has 0 saturated carbocycles. The Bertz CT molecular complexity index is 823. The lowest BCUT2D eigenvalue weighted by atomic mass is 10.1. The van der Waals surface area contributed by atoms with Crippen LogP contribution in [0.2, 0.25) is 0 Å². The van der Waals surface area contributed by atoms with Gasteiger partial charge >= 0.3 is 0 Å². The SMILES string of the molecule is CC(NC(=O)C1CC(F)(F)CN1)c1ccc(NC(=O)c2ccncc2)cc1.Cl.Cl. The van der Waals surface area contributed by atoms with Gasteiger partial charge in [-0.25, -0.2) is 8.78 Å². The van der Waals surface area contributed by atoms with Gasteiger partial charge in [-0.15, -0.1) is 24.8 Å². The van der Waals surface area contributed by atoms with Crippen molar-refractivity contribution in [3.05, 3.63) is 59.9 Å². The third-order valence-electron chi connectivity index (χ3n) is 4.40. The van der Waals surface area contributed by atoms with Crippen molar-refractivity contribution in [3.8, 4) is 0 Å². The number of amides is 2. The van der Waals surface area contributed by atoms with E-state index in [4.69, 9.17) is 0 Å². The summed E-state index contributed by atoms with van der Waals surface area (Å²) in [4.78, 5) is 28.1. The first-order chi connectivity index (χ1) is 12.8. The predicted octanol–water partition coefficient (Wildman–Crippen LogP) is 3.35. The van der Waals surface area contributed by atoms with Crippen molar-refractivity contribution in [3.63, 3.8) is 0 Å². The van der Waals surface area contributed by atoms with Gasteiger partial charge in [-0.1, -0.05) is 12.1 Å². The molecule has 0 spiro atoms. The summed E-state index contributed by atoms with van der Waals surface area (Å²) < 4.78 is 26.4. The van der Waals surface area contributed by atoms with E-state index in [1.54, 1.807) is 43.3 Å². The molecule has 158 valence electrons. The summed E-state index contributed by atoms with van der Waals surface area (Å²) in [6, 6.07) is 8.97. The number of carbonyl (C=O) groups excluding carboxylic acids is 2. The molecule has 2 atom stereocenters. The lowest BCUT2D eigenvalue weighted by Crippen LogP contribution is -2.41. The molecule has 2 amide bonds. The zero-order chi connectivity index (χ0) is 19.4. The van der Waals surface area contributed by atoms with Gasteiger partial charge in [-0.05, 0) is 36.8 Å². The van der Waals surface area contributed by atoms with E-state index in [-0.39, 0.29) is 36.8 Å². The maximum Gasteiger partial charge on any atom is 0.262 e. The number of rotatable bonds is 5. The number of halogens is 4. The fourth-order valence-electron chi connectivity index (χ4n) is 2.86. The van der Waals surface area contributed by atoms with Crippen molar-refractivity contribution in [2.24, 2.45) is 0 Å². The molecule has 0 bridgehead atoms. The lowest BCUT2D eigenvalue weighted by molar-refractivity contribution is -0.124. The standard InChI is InChI=1S/C19H20F2N4O2.2ClH/c1-12(24-18(27)16-10-19(20,21)11-23-16)13-2-4-15(5-3-13)25-17(26)14-6-8-22-9-7-14;;/h2-9,12,16,23H,10-11H2,1H3,(H,24,27)(H,25,26);2*1H. The molecule has 1 aliphatic heterocycles. The smallest absolute Gasteiger partial charge is 0.262 e. The van der Waals surface area contributed by atoms with Crippen LogP contribution in [-0.2, 0) is 4.79 Å². The van der Waals surface area contributed by atoms with Crippen LogP contribution >= 0.6 is 24.8 Å². The number of alkyl halides is 2. The van der Waals surface area contributed by atoms with Crippen LogP contribution in [0.1, 0.15) is 35.3 Å². The molecular formula is C19H22Cl2F2N4O2. The maximum atomic E-state index is 13.2. The van der Waals surface area contributed by atoms with E-state index in [0.717, 1.165) is 5.56 Å². The quantitative estimate of drug-likeness (QED) is 0.657. The largest absolute Gasteiger partial charge is 0.348 e. The van der Waals surface area contributed by atoms with Gasteiger partial charge in [-0.2, -0.15) is 0 Å². The molecule has 0 radical (unpaired) electrons. The van der Waals surface area contributed by atoms with Gasteiger partial charge in [0, 0.05) is 30.1 Å². The number of nitrogens with zero attached hydrogens (tertiary/aromatic N) is 1. The number of pyridine rings is 1. The van der Waals surface area contributed by atoms with Gasteiger partial charge in [0.25, 0.3) is 11.8 Å². The summed E-state index contributed by atoms with van der Waals surface area (Å²) in [7, 11) is 0. The first-order valence-corrected chi connectivity index (χ1v) is 8.57. The van der Waals surface area contributed by atoms with Crippen molar-refractivity contribution in [1.82, 2.24) is 15.6 Å². The van der Waals surface area contributed by atoms with Crippen LogP contribution < -0.4 is 16.0 Å². The van der Waals surface area contributed by atoms with Crippen LogP contribution in [0.3, 0.4) is 0 Å². The minimum Gasteiger partial charge on any atom is -0.348 e. The summed E-state index contributed by atoms with van der Waals surface area (Å²) in [5.74, 6) is -3.55. The highest BCUT2D eigenvalue weighted by atomic mass is 35.5. The Hall–Kier alpha value is -2.29. The monoisotopic (exact) mass is 446 g/mol. The van der Waals surface area contributed by atoms with Crippen molar-refractivity contribution < 1.29 is 18.4 Å². The Labute approximate surface area is 179 Å². The second-order valence-corrected chi connectivity index (χ2v) is 6.54. The first-order valence-electron chi connectivity index (χ1n) is 8.57. The fraction of sp³-hybridized carbons (Fsp3) is 0.316. The summed E-state index contributed by atoms with van der Waals surface area (Å²) >= 11 is 0. The van der Waals surface area contributed by atoms with E-state index >= 15 is 0 Å². The molecule has 1 aliphatic rings. The average molecular weight is 447 g/mol. The predicted molar refractivity (Wildman–Crippen MR) is 111 cm³/mol. The Balaban J connectivity index is 0.00000210. The second-order valence-electron chi connectivity index (χ2n) is 6.54. The Morgan fingerprint density at radius 3 is 2.31 bits per heavy atom. The van der Waals surface area contributed by atoms with E-state index in [1.165, 1.54) is 12.4 Å². The highest BCUT2D eigenvalue weighted by molar-refractivity contribution is 6.04. The van der Waals surface area contributed by atoms with Crippen molar-refractivity contribution >= 4 is 42.3 Å². The molecule has 1 fully saturated rings. The van der Waals surface area contributed by atoms with Gasteiger partial charge in [0.05, 0.1) is 18.6 Å². The van der Waals surface area contributed by atoms with E-state index in [2.05, 4.69) is 20.9 Å². The molecule has 3 N–H and O–H groups in total. The highest BCUT2D eigenvalue weighted by Gasteiger charge is 2.42. The zero-order valence-corrected chi connectivity index (χ0v) is 17.2.